The monoisotopic (exact) mass is 250 g/mol. The minimum Gasteiger partial charge on any atom is -0.340 e. The summed E-state index contributed by atoms with van der Waals surface area (Å²) < 4.78 is 1.81. The Kier molecular flexibility index (Phi) is 4.75. The van der Waals surface area contributed by atoms with Gasteiger partial charge < -0.3 is 10.2 Å². The third-order valence-corrected chi connectivity index (χ3v) is 3.52. The van der Waals surface area contributed by atoms with Crippen LogP contribution < -0.4 is 5.32 Å². The van der Waals surface area contributed by atoms with Crippen molar-refractivity contribution in [1.29, 1.82) is 0 Å². The van der Waals surface area contributed by atoms with Gasteiger partial charge in [-0.3, -0.25) is 9.48 Å². The predicted octanol–water partition coefficient (Wildman–Crippen LogP) is 0.874. The lowest BCUT2D eigenvalue weighted by atomic mass is 10.0. The van der Waals surface area contributed by atoms with Crippen LogP contribution in [0.3, 0.4) is 0 Å². The van der Waals surface area contributed by atoms with Gasteiger partial charge in [0, 0.05) is 37.9 Å². The number of aryl methyl sites for hydroxylation is 1. The molecular formula is C13H22N4O. The number of nitrogens with zero attached hydrogens (tertiary/aromatic N) is 3. The fraction of sp³-hybridized carbons (Fsp3) is 0.692. The van der Waals surface area contributed by atoms with E-state index in [1.54, 1.807) is 6.20 Å². The fourth-order valence-electron chi connectivity index (χ4n) is 2.54. The number of hydrogen-bond donors (Lipinski definition) is 1. The van der Waals surface area contributed by atoms with Crippen LogP contribution in [0.2, 0.25) is 0 Å². The van der Waals surface area contributed by atoms with Gasteiger partial charge in [-0.15, -0.1) is 0 Å². The van der Waals surface area contributed by atoms with E-state index in [0.29, 0.717) is 19.0 Å². The second-order valence-corrected chi connectivity index (χ2v) is 4.68. The third-order valence-electron chi connectivity index (χ3n) is 3.52. The molecule has 1 aliphatic rings. The van der Waals surface area contributed by atoms with Gasteiger partial charge in [0.05, 0.1) is 0 Å². The van der Waals surface area contributed by atoms with E-state index in [1.807, 2.05) is 21.8 Å². The zero-order valence-corrected chi connectivity index (χ0v) is 11.0. The molecule has 1 fully saturated rings. The van der Waals surface area contributed by atoms with Crippen LogP contribution in [0.1, 0.15) is 26.2 Å². The smallest absolute Gasteiger partial charge is 0.224 e. The minimum atomic E-state index is 0.250. The van der Waals surface area contributed by atoms with Gasteiger partial charge in [-0.25, -0.2) is 0 Å². The zero-order valence-electron chi connectivity index (χ0n) is 11.0. The second-order valence-electron chi connectivity index (χ2n) is 4.68. The number of hydrogen-bond acceptors (Lipinski definition) is 3. The number of piperidine rings is 1. The van der Waals surface area contributed by atoms with Crippen LogP contribution in [0.25, 0.3) is 0 Å². The van der Waals surface area contributed by atoms with Crippen LogP contribution in [0.4, 0.5) is 0 Å². The largest absolute Gasteiger partial charge is 0.340 e. The van der Waals surface area contributed by atoms with Crippen LogP contribution in [-0.4, -0.2) is 46.3 Å². The molecule has 0 spiro atoms. The molecule has 1 saturated heterocycles. The van der Waals surface area contributed by atoms with Crippen molar-refractivity contribution >= 4 is 5.91 Å². The summed E-state index contributed by atoms with van der Waals surface area (Å²) >= 11 is 0. The SMILES string of the molecule is CCN(C(=O)CCn1cccn1)C1CCNCC1. The van der Waals surface area contributed by atoms with Crippen LogP contribution in [0.5, 0.6) is 0 Å². The Morgan fingerprint density at radius 2 is 2.28 bits per heavy atom. The quantitative estimate of drug-likeness (QED) is 0.844. The highest BCUT2D eigenvalue weighted by molar-refractivity contribution is 5.76. The van der Waals surface area contributed by atoms with Gasteiger partial charge in [-0.2, -0.15) is 5.10 Å². The van der Waals surface area contributed by atoms with Gasteiger partial charge >= 0.3 is 0 Å². The molecule has 0 aliphatic carbocycles. The summed E-state index contributed by atoms with van der Waals surface area (Å²) in [5.41, 5.74) is 0. The summed E-state index contributed by atoms with van der Waals surface area (Å²) in [6.07, 6.45) is 6.32. The Bertz CT molecular complexity index is 357. The van der Waals surface area contributed by atoms with Gasteiger partial charge in [0.25, 0.3) is 0 Å². The third kappa shape index (κ3) is 3.32. The molecule has 0 atom stereocenters. The molecule has 1 aliphatic heterocycles. The van der Waals surface area contributed by atoms with E-state index in [9.17, 15) is 4.79 Å². The molecule has 1 aromatic heterocycles. The van der Waals surface area contributed by atoms with Crippen LogP contribution in [-0.2, 0) is 11.3 Å². The van der Waals surface area contributed by atoms with E-state index in [-0.39, 0.29) is 5.91 Å². The number of carbonyl (C=O) groups is 1. The molecule has 0 unspecified atom stereocenters. The summed E-state index contributed by atoms with van der Waals surface area (Å²) in [7, 11) is 0. The summed E-state index contributed by atoms with van der Waals surface area (Å²) in [6, 6.07) is 2.30. The highest BCUT2D eigenvalue weighted by Crippen LogP contribution is 2.13. The number of carbonyl (C=O) groups excluding carboxylic acids is 1. The lowest BCUT2D eigenvalue weighted by Gasteiger charge is -2.34. The minimum absolute atomic E-state index is 0.250. The fourth-order valence-corrected chi connectivity index (χ4v) is 2.54. The zero-order chi connectivity index (χ0) is 12.8. The molecule has 100 valence electrons. The van der Waals surface area contributed by atoms with Crippen LogP contribution >= 0.6 is 0 Å². The highest BCUT2D eigenvalue weighted by Gasteiger charge is 2.23. The van der Waals surface area contributed by atoms with Crippen LogP contribution in [0.15, 0.2) is 18.5 Å². The molecule has 0 bridgehead atoms. The lowest BCUT2D eigenvalue weighted by molar-refractivity contribution is -0.134. The van der Waals surface area contributed by atoms with E-state index in [0.717, 1.165) is 32.5 Å². The molecule has 0 saturated carbocycles. The van der Waals surface area contributed by atoms with E-state index in [2.05, 4.69) is 17.3 Å². The Hall–Kier alpha value is -1.36. The molecule has 0 radical (unpaired) electrons. The Morgan fingerprint density at radius 1 is 1.50 bits per heavy atom. The van der Waals surface area contributed by atoms with E-state index in [4.69, 9.17) is 0 Å². The maximum atomic E-state index is 12.2. The summed E-state index contributed by atoms with van der Waals surface area (Å²) in [5, 5.41) is 7.46. The molecule has 1 amide bonds. The van der Waals surface area contributed by atoms with Crippen molar-refractivity contribution in [2.45, 2.75) is 38.8 Å². The number of nitrogens with one attached hydrogen (secondary N) is 1. The number of aromatic nitrogens is 2. The first-order valence-electron chi connectivity index (χ1n) is 6.79. The standard InChI is InChI=1S/C13H22N4O/c1-2-17(12-4-8-14-9-5-12)13(18)6-11-16-10-3-7-15-16/h3,7,10,12,14H,2,4-6,8-9,11H2,1H3. The van der Waals surface area contributed by atoms with Crippen molar-refractivity contribution in [3.05, 3.63) is 18.5 Å². The number of amides is 1. The summed E-state index contributed by atoms with van der Waals surface area (Å²) in [6.45, 7) is 5.59. The first-order chi connectivity index (χ1) is 8.81. The second kappa shape index (κ2) is 6.54. The summed E-state index contributed by atoms with van der Waals surface area (Å²) in [5.74, 6) is 0.250. The lowest BCUT2D eigenvalue weighted by Crippen LogP contribution is -2.46. The van der Waals surface area contributed by atoms with Crippen molar-refractivity contribution in [3.8, 4) is 0 Å². The van der Waals surface area contributed by atoms with E-state index < -0.39 is 0 Å². The Morgan fingerprint density at radius 3 is 2.89 bits per heavy atom. The summed E-state index contributed by atoms with van der Waals surface area (Å²) in [4.78, 5) is 14.3. The van der Waals surface area contributed by atoms with Gasteiger partial charge in [0.15, 0.2) is 0 Å². The molecule has 2 heterocycles. The van der Waals surface area contributed by atoms with Gasteiger partial charge in [-0.05, 0) is 38.9 Å². The van der Waals surface area contributed by atoms with E-state index in [1.165, 1.54) is 0 Å². The normalized spacial score (nSPS) is 16.7. The average Bonchev–Trinajstić information content (AvgIpc) is 2.92. The maximum absolute atomic E-state index is 12.2. The van der Waals surface area contributed by atoms with Gasteiger partial charge in [0.1, 0.15) is 0 Å². The predicted molar refractivity (Wildman–Crippen MR) is 70.1 cm³/mol. The average molecular weight is 250 g/mol. The van der Waals surface area contributed by atoms with Gasteiger partial charge in [-0.1, -0.05) is 0 Å². The van der Waals surface area contributed by atoms with Crippen molar-refractivity contribution in [2.75, 3.05) is 19.6 Å². The molecule has 0 aromatic carbocycles. The van der Waals surface area contributed by atoms with Crippen molar-refractivity contribution in [3.63, 3.8) is 0 Å². The maximum Gasteiger partial charge on any atom is 0.224 e. The first-order valence-corrected chi connectivity index (χ1v) is 6.79. The highest BCUT2D eigenvalue weighted by atomic mass is 16.2. The van der Waals surface area contributed by atoms with Gasteiger partial charge in [0.2, 0.25) is 5.91 Å². The molecule has 5 nitrogen and oxygen atoms in total. The Balaban J connectivity index is 1.84. The molecule has 1 N–H and O–H groups in total. The Labute approximate surface area is 108 Å². The van der Waals surface area contributed by atoms with Crippen molar-refractivity contribution < 1.29 is 4.79 Å². The first kappa shape index (κ1) is 13.1. The van der Waals surface area contributed by atoms with Crippen LogP contribution in [0, 0.1) is 0 Å². The molecule has 2 rings (SSSR count). The number of rotatable bonds is 5. The molecular weight excluding hydrogens is 228 g/mol. The van der Waals surface area contributed by atoms with Crippen molar-refractivity contribution in [1.82, 2.24) is 20.0 Å². The molecule has 5 heteroatoms. The topological polar surface area (TPSA) is 50.2 Å². The molecule has 18 heavy (non-hydrogen) atoms. The molecule has 1 aromatic rings. The van der Waals surface area contributed by atoms with E-state index >= 15 is 0 Å². The van der Waals surface area contributed by atoms with Crippen molar-refractivity contribution in [2.24, 2.45) is 0 Å².